The molecule has 2 aliphatic carbocycles. The Bertz CT molecular complexity index is 1200. The summed E-state index contributed by atoms with van der Waals surface area (Å²) in [4.78, 5) is 19.1. The van der Waals surface area contributed by atoms with Gasteiger partial charge in [0.15, 0.2) is 5.82 Å². The van der Waals surface area contributed by atoms with E-state index >= 15 is 0 Å². The number of hydrogen-bond donors (Lipinski definition) is 1. The van der Waals surface area contributed by atoms with Gasteiger partial charge in [0.2, 0.25) is 0 Å². The fourth-order valence-corrected chi connectivity index (χ4v) is 6.36. The number of H-pyrrole nitrogens is 1. The maximum atomic E-state index is 13.3. The van der Waals surface area contributed by atoms with Crippen LogP contribution >= 0.6 is 0 Å². The first-order chi connectivity index (χ1) is 17.1. The molecule has 0 bridgehead atoms. The number of hydrogen-bond acceptors (Lipinski definition) is 5. The van der Waals surface area contributed by atoms with Crippen LogP contribution in [0.1, 0.15) is 112 Å². The highest BCUT2D eigenvalue weighted by Crippen LogP contribution is 2.35. The molecule has 0 unspecified atom stereocenters. The fourth-order valence-electron chi connectivity index (χ4n) is 6.36. The van der Waals surface area contributed by atoms with E-state index in [1.165, 1.54) is 56.9 Å². The van der Waals surface area contributed by atoms with Crippen LogP contribution in [0.25, 0.3) is 10.9 Å². The van der Waals surface area contributed by atoms with Crippen molar-refractivity contribution in [1.29, 1.82) is 0 Å². The van der Waals surface area contributed by atoms with Gasteiger partial charge in [-0.05, 0) is 79.0 Å². The molecule has 0 spiro atoms. The van der Waals surface area contributed by atoms with Crippen LogP contribution in [0, 0.1) is 13.8 Å². The third-order valence-electron chi connectivity index (χ3n) is 8.55. The topological polar surface area (TPSA) is 79.7 Å². The molecule has 1 aromatic carbocycles. The molecule has 2 fully saturated rings. The predicted molar refractivity (Wildman–Crippen MR) is 139 cm³/mol. The first-order valence-corrected chi connectivity index (χ1v) is 13.7. The summed E-state index contributed by atoms with van der Waals surface area (Å²) >= 11 is 0. The van der Waals surface area contributed by atoms with Gasteiger partial charge < -0.3 is 4.98 Å². The summed E-state index contributed by atoms with van der Waals surface area (Å²) in [6.45, 7) is 7.03. The number of aromatic amines is 1. The lowest BCUT2D eigenvalue weighted by Gasteiger charge is -2.39. The van der Waals surface area contributed by atoms with Crippen LogP contribution in [0.4, 0.5) is 0 Å². The second kappa shape index (κ2) is 10.6. The molecule has 1 N–H and O–H groups in total. The van der Waals surface area contributed by atoms with Crippen LogP contribution in [0.5, 0.6) is 0 Å². The number of aryl methyl sites for hydroxylation is 2. The lowest BCUT2D eigenvalue weighted by Crippen LogP contribution is -2.41. The third kappa shape index (κ3) is 4.92. The summed E-state index contributed by atoms with van der Waals surface area (Å²) in [5.74, 6) is 0.980. The molecule has 2 aromatic heterocycles. The van der Waals surface area contributed by atoms with Crippen molar-refractivity contribution in [2.24, 2.45) is 0 Å². The zero-order chi connectivity index (χ0) is 24.4. The van der Waals surface area contributed by atoms with E-state index in [-0.39, 0.29) is 11.6 Å². The summed E-state index contributed by atoms with van der Waals surface area (Å²) in [6, 6.07) is 7.32. The van der Waals surface area contributed by atoms with Gasteiger partial charge in [-0.2, -0.15) is 0 Å². The molecule has 5 rings (SSSR count). The molecule has 7 nitrogen and oxygen atoms in total. The first kappa shape index (κ1) is 24.2. The molecular weight excluding hydrogens is 436 g/mol. The van der Waals surface area contributed by atoms with Gasteiger partial charge in [0, 0.05) is 18.2 Å². The first-order valence-electron chi connectivity index (χ1n) is 13.7. The van der Waals surface area contributed by atoms with Crippen LogP contribution < -0.4 is 5.56 Å². The lowest BCUT2D eigenvalue weighted by atomic mass is 9.91. The second-order valence-electron chi connectivity index (χ2n) is 10.8. The number of rotatable bonds is 7. The quantitative estimate of drug-likeness (QED) is 0.458. The molecule has 3 aromatic rings. The average molecular weight is 477 g/mol. The van der Waals surface area contributed by atoms with Crippen LogP contribution in [-0.2, 0) is 6.54 Å². The van der Waals surface area contributed by atoms with Crippen molar-refractivity contribution in [3.8, 4) is 0 Å². The predicted octanol–water partition coefficient (Wildman–Crippen LogP) is 5.92. The van der Waals surface area contributed by atoms with Crippen LogP contribution in [0.3, 0.4) is 0 Å². The molecule has 35 heavy (non-hydrogen) atoms. The van der Waals surface area contributed by atoms with Crippen molar-refractivity contribution < 1.29 is 0 Å². The minimum atomic E-state index is 0.0220. The maximum absolute atomic E-state index is 13.3. The summed E-state index contributed by atoms with van der Waals surface area (Å²) < 4.78 is 2.12. The van der Waals surface area contributed by atoms with Crippen LogP contribution in [-0.4, -0.2) is 36.1 Å². The highest BCUT2D eigenvalue weighted by atomic mass is 16.1. The zero-order valence-corrected chi connectivity index (χ0v) is 21.6. The monoisotopic (exact) mass is 476 g/mol. The number of nitrogens with zero attached hydrogens (tertiary/aromatic N) is 5. The smallest absolute Gasteiger partial charge is 0.252 e. The van der Waals surface area contributed by atoms with E-state index in [4.69, 9.17) is 0 Å². The van der Waals surface area contributed by atoms with Crippen molar-refractivity contribution in [2.75, 3.05) is 0 Å². The minimum Gasteiger partial charge on any atom is -0.321 e. The molecule has 7 heteroatoms. The molecule has 0 radical (unpaired) electrons. The molecule has 2 aliphatic rings. The van der Waals surface area contributed by atoms with Crippen molar-refractivity contribution in [1.82, 2.24) is 30.1 Å². The number of tetrazole rings is 1. The van der Waals surface area contributed by atoms with Gasteiger partial charge in [-0.3, -0.25) is 9.69 Å². The number of fused-ring (bicyclic) bond motifs is 1. The number of benzene rings is 1. The fraction of sp³-hybridized carbons (Fsp3) is 0.643. The largest absolute Gasteiger partial charge is 0.321 e. The molecule has 0 aliphatic heterocycles. The van der Waals surface area contributed by atoms with E-state index < -0.39 is 0 Å². The van der Waals surface area contributed by atoms with E-state index in [9.17, 15) is 4.79 Å². The van der Waals surface area contributed by atoms with Crippen molar-refractivity contribution in [3.63, 3.8) is 0 Å². The number of nitrogens with one attached hydrogen (secondary N) is 1. The summed E-state index contributed by atoms with van der Waals surface area (Å²) in [6.07, 6.45) is 13.2. The normalized spacial score (nSPS) is 19.0. The standard InChI is InChI=1S/C28H40N6O/c1-4-25(27-30-31-32-34(27)24-13-9-6-10-14-24)33(23-11-7-5-8-12-23)18-22-17-21-16-15-19(2)20(3)26(21)29-28(22)35/h15-17,23-25H,4-14,18H2,1-3H3,(H,29,35)/t25-/m0/s1. The Kier molecular flexibility index (Phi) is 7.32. The lowest BCUT2D eigenvalue weighted by molar-refractivity contribution is 0.0821. The molecular formula is C28H40N6O. The molecule has 1 atom stereocenters. The van der Waals surface area contributed by atoms with Crippen molar-refractivity contribution in [3.05, 3.63) is 51.1 Å². The second-order valence-corrected chi connectivity index (χ2v) is 10.8. The SMILES string of the molecule is CC[C@@H](c1nnnn1C1CCCCC1)N(Cc1cc2ccc(C)c(C)c2[nH]c1=O)C1CCCCC1. The van der Waals surface area contributed by atoms with Crippen LogP contribution in [0.2, 0.25) is 0 Å². The van der Waals surface area contributed by atoms with E-state index in [2.05, 4.69) is 69.1 Å². The van der Waals surface area contributed by atoms with Crippen LogP contribution in [0.15, 0.2) is 23.0 Å². The Hall–Kier alpha value is -2.54. The zero-order valence-electron chi connectivity index (χ0n) is 21.6. The summed E-state index contributed by atoms with van der Waals surface area (Å²) in [5, 5.41) is 14.3. The highest BCUT2D eigenvalue weighted by Gasteiger charge is 2.33. The van der Waals surface area contributed by atoms with Crippen molar-refractivity contribution >= 4 is 10.9 Å². The Balaban J connectivity index is 1.52. The van der Waals surface area contributed by atoms with Gasteiger partial charge in [0.1, 0.15) is 0 Å². The molecule has 0 saturated heterocycles. The Morgan fingerprint density at radius 3 is 2.49 bits per heavy atom. The van der Waals surface area contributed by atoms with E-state index in [0.29, 0.717) is 18.6 Å². The van der Waals surface area contributed by atoms with Gasteiger partial charge in [-0.1, -0.05) is 57.6 Å². The Labute approximate surface area is 208 Å². The number of aromatic nitrogens is 5. The summed E-state index contributed by atoms with van der Waals surface area (Å²) in [7, 11) is 0. The van der Waals surface area contributed by atoms with Gasteiger partial charge in [0.05, 0.1) is 17.6 Å². The van der Waals surface area contributed by atoms with Gasteiger partial charge in [-0.25, -0.2) is 4.68 Å². The maximum Gasteiger partial charge on any atom is 0.252 e. The summed E-state index contributed by atoms with van der Waals surface area (Å²) in [5.41, 5.74) is 4.16. The Morgan fingerprint density at radius 1 is 1.06 bits per heavy atom. The third-order valence-corrected chi connectivity index (χ3v) is 8.55. The van der Waals surface area contributed by atoms with E-state index in [1.807, 2.05) is 0 Å². The Morgan fingerprint density at radius 2 is 1.77 bits per heavy atom. The van der Waals surface area contributed by atoms with Gasteiger partial charge in [0.25, 0.3) is 5.56 Å². The molecule has 188 valence electrons. The minimum absolute atomic E-state index is 0.0220. The highest BCUT2D eigenvalue weighted by molar-refractivity contribution is 5.83. The van der Waals surface area contributed by atoms with Gasteiger partial charge >= 0.3 is 0 Å². The van der Waals surface area contributed by atoms with Crippen molar-refractivity contribution in [2.45, 2.75) is 116 Å². The average Bonchev–Trinajstić information content (AvgIpc) is 3.38. The molecule has 0 amide bonds. The van der Waals surface area contributed by atoms with E-state index in [1.54, 1.807) is 0 Å². The molecule has 2 saturated carbocycles. The van der Waals surface area contributed by atoms with Gasteiger partial charge in [-0.15, -0.1) is 5.10 Å². The number of pyridine rings is 1. The molecule has 2 heterocycles. The van der Waals surface area contributed by atoms with E-state index in [0.717, 1.165) is 47.1 Å².